The van der Waals surface area contributed by atoms with Crippen LogP contribution in [0.3, 0.4) is 0 Å². The molecule has 1 fully saturated rings. The van der Waals surface area contributed by atoms with Gasteiger partial charge in [-0.25, -0.2) is 0 Å². The minimum atomic E-state index is 0.353. The number of pyridine rings is 1. The normalized spacial score (nSPS) is 16.7. The quantitative estimate of drug-likeness (QED) is 0.373. The number of aromatic nitrogens is 1. The van der Waals surface area contributed by atoms with E-state index in [2.05, 4.69) is 28.8 Å². The lowest BCUT2D eigenvalue weighted by atomic mass is 10.2. The standard InChI is InChI=1S/C21H32N2O5/c1-23-7-3-6-20(23)18-28-21-15-19(16-22-17-21)5-4-8-25-11-12-27-14-13-26-10-9-24-2/h15-17,20H,3,6-14,18H2,1-2H3/t20-/m0/s1. The highest BCUT2D eigenvalue weighted by atomic mass is 16.6. The highest BCUT2D eigenvalue weighted by molar-refractivity contribution is 5.36. The van der Waals surface area contributed by atoms with Crippen LogP contribution in [0, 0.1) is 11.8 Å². The maximum absolute atomic E-state index is 5.88. The van der Waals surface area contributed by atoms with Crippen LogP contribution in [0.1, 0.15) is 18.4 Å². The lowest BCUT2D eigenvalue weighted by Crippen LogP contribution is -2.30. The van der Waals surface area contributed by atoms with Crippen molar-refractivity contribution in [2.24, 2.45) is 0 Å². The van der Waals surface area contributed by atoms with E-state index in [1.807, 2.05) is 6.07 Å². The molecule has 1 atom stereocenters. The summed E-state index contributed by atoms with van der Waals surface area (Å²) in [6.45, 7) is 5.51. The van der Waals surface area contributed by atoms with E-state index >= 15 is 0 Å². The van der Waals surface area contributed by atoms with Crippen LogP contribution >= 0.6 is 0 Å². The minimum absolute atomic E-state index is 0.353. The molecule has 0 bridgehead atoms. The van der Waals surface area contributed by atoms with E-state index in [1.165, 1.54) is 12.8 Å². The van der Waals surface area contributed by atoms with Crippen molar-refractivity contribution in [1.29, 1.82) is 0 Å². The summed E-state index contributed by atoms with van der Waals surface area (Å²) >= 11 is 0. The van der Waals surface area contributed by atoms with Gasteiger partial charge in [0.2, 0.25) is 0 Å². The summed E-state index contributed by atoms with van der Waals surface area (Å²) in [4.78, 5) is 6.54. The van der Waals surface area contributed by atoms with Gasteiger partial charge >= 0.3 is 0 Å². The van der Waals surface area contributed by atoms with E-state index in [1.54, 1.807) is 19.5 Å². The Morgan fingerprint density at radius 1 is 1.07 bits per heavy atom. The summed E-state index contributed by atoms with van der Waals surface area (Å²) in [6.07, 6.45) is 5.88. The third-order valence-electron chi connectivity index (χ3n) is 4.41. The molecule has 1 aliphatic heterocycles. The number of likely N-dealkylation sites (N-methyl/N-ethyl adjacent to an activating group) is 1. The zero-order valence-corrected chi connectivity index (χ0v) is 17.0. The Hall–Kier alpha value is -1.69. The Balaban J connectivity index is 1.54. The molecule has 28 heavy (non-hydrogen) atoms. The summed E-state index contributed by atoms with van der Waals surface area (Å²) in [6, 6.07) is 2.41. The maximum Gasteiger partial charge on any atom is 0.138 e. The fourth-order valence-corrected chi connectivity index (χ4v) is 2.79. The Kier molecular flexibility index (Phi) is 11.6. The zero-order valence-electron chi connectivity index (χ0n) is 17.0. The van der Waals surface area contributed by atoms with E-state index < -0.39 is 0 Å². The Morgan fingerprint density at radius 3 is 2.54 bits per heavy atom. The second-order valence-electron chi connectivity index (χ2n) is 6.57. The molecule has 0 saturated carbocycles. The number of rotatable bonds is 13. The lowest BCUT2D eigenvalue weighted by molar-refractivity contribution is 0.00758. The van der Waals surface area contributed by atoms with Gasteiger partial charge in [0.25, 0.3) is 0 Å². The van der Waals surface area contributed by atoms with Crippen LogP contribution < -0.4 is 4.74 Å². The van der Waals surface area contributed by atoms with E-state index in [-0.39, 0.29) is 0 Å². The number of hydrogen-bond donors (Lipinski definition) is 0. The number of methoxy groups -OCH3 is 1. The number of likely N-dealkylation sites (tertiary alicyclic amines) is 1. The first-order valence-electron chi connectivity index (χ1n) is 9.78. The van der Waals surface area contributed by atoms with Gasteiger partial charge in [-0.3, -0.25) is 4.98 Å². The van der Waals surface area contributed by atoms with Crippen molar-refractivity contribution in [3.63, 3.8) is 0 Å². The van der Waals surface area contributed by atoms with Gasteiger partial charge in [-0.2, -0.15) is 0 Å². The van der Waals surface area contributed by atoms with Crippen LogP contribution in [-0.4, -0.2) is 89.5 Å². The minimum Gasteiger partial charge on any atom is -0.490 e. The van der Waals surface area contributed by atoms with Crippen LogP contribution in [0.15, 0.2) is 18.5 Å². The Bertz CT molecular complexity index is 602. The molecule has 0 amide bonds. The highest BCUT2D eigenvalue weighted by Gasteiger charge is 2.21. The van der Waals surface area contributed by atoms with E-state index in [0.717, 1.165) is 17.9 Å². The summed E-state index contributed by atoms with van der Waals surface area (Å²) in [5.41, 5.74) is 0.824. The average Bonchev–Trinajstić information content (AvgIpc) is 3.12. The molecule has 0 radical (unpaired) electrons. The third-order valence-corrected chi connectivity index (χ3v) is 4.41. The van der Waals surface area contributed by atoms with Crippen molar-refractivity contribution in [2.75, 3.05) is 73.6 Å². The molecule has 0 aliphatic carbocycles. The van der Waals surface area contributed by atoms with Gasteiger partial charge in [-0.15, -0.1) is 0 Å². The van der Waals surface area contributed by atoms with Gasteiger partial charge in [0.15, 0.2) is 0 Å². The van der Waals surface area contributed by atoms with Gasteiger partial charge in [-0.1, -0.05) is 11.8 Å². The number of ether oxygens (including phenoxy) is 5. The monoisotopic (exact) mass is 392 g/mol. The van der Waals surface area contributed by atoms with Crippen molar-refractivity contribution >= 4 is 0 Å². The zero-order chi connectivity index (χ0) is 19.9. The van der Waals surface area contributed by atoms with Gasteiger partial charge in [0.1, 0.15) is 19.0 Å². The summed E-state index contributed by atoms with van der Waals surface area (Å²) < 4.78 is 26.9. The molecule has 0 N–H and O–H groups in total. The van der Waals surface area contributed by atoms with Crippen LogP contribution in [-0.2, 0) is 18.9 Å². The third kappa shape index (κ3) is 9.49. The van der Waals surface area contributed by atoms with Gasteiger partial charge in [-0.05, 0) is 32.5 Å². The van der Waals surface area contributed by atoms with Gasteiger partial charge in [0.05, 0.1) is 45.8 Å². The molecule has 7 heteroatoms. The predicted octanol–water partition coefficient (Wildman–Crippen LogP) is 1.60. The van der Waals surface area contributed by atoms with Crippen LogP contribution in [0.25, 0.3) is 0 Å². The smallest absolute Gasteiger partial charge is 0.138 e. The fourth-order valence-electron chi connectivity index (χ4n) is 2.79. The van der Waals surface area contributed by atoms with E-state index in [0.29, 0.717) is 58.9 Å². The second kappa shape index (κ2) is 14.3. The predicted molar refractivity (Wildman–Crippen MR) is 107 cm³/mol. The first-order chi connectivity index (χ1) is 13.8. The molecule has 156 valence electrons. The topological polar surface area (TPSA) is 62.3 Å². The van der Waals surface area contributed by atoms with Crippen molar-refractivity contribution in [1.82, 2.24) is 9.88 Å². The van der Waals surface area contributed by atoms with Crippen molar-refractivity contribution in [3.8, 4) is 17.6 Å². The van der Waals surface area contributed by atoms with Crippen molar-refractivity contribution in [2.45, 2.75) is 18.9 Å². The SMILES string of the molecule is COCCOCCOCCOCC#Cc1cncc(OC[C@@H]2CCCN2C)c1. The molecule has 1 aliphatic rings. The molecule has 1 aromatic heterocycles. The van der Waals surface area contributed by atoms with Crippen LogP contribution in [0.2, 0.25) is 0 Å². The fraction of sp³-hybridized carbons (Fsp3) is 0.667. The molecule has 1 aromatic rings. The molecule has 0 unspecified atom stereocenters. The van der Waals surface area contributed by atoms with E-state index in [9.17, 15) is 0 Å². The second-order valence-corrected chi connectivity index (χ2v) is 6.57. The molecule has 0 aromatic carbocycles. The van der Waals surface area contributed by atoms with E-state index in [4.69, 9.17) is 23.7 Å². The molecular formula is C21H32N2O5. The Labute approximate surface area is 168 Å². The van der Waals surface area contributed by atoms with Crippen molar-refractivity contribution < 1.29 is 23.7 Å². The summed E-state index contributed by atoms with van der Waals surface area (Å²) in [5.74, 6) is 6.80. The molecule has 2 rings (SSSR count). The summed E-state index contributed by atoms with van der Waals surface area (Å²) in [5, 5.41) is 0. The maximum atomic E-state index is 5.88. The first kappa shape index (κ1) is 22.6. The highest BCUT2D eigenvalue weighted by Crippen LogP contribution is 2.17. The first-order valence-corrected chi connectivity index (χ1v) is 9.78. The Morgan fingerprint density at radius 2 is 1.82 bits per heavy atom. The van der Waals surface area contributed by atoms with Gasteiger partial charge < -0.3 is 28.6 Å². The molecule has 1 saturated heterocycles. The number of hydrogen-bond acceptors (Lipinski definition) is 7. The van der Waals surface area contributed by atoms with Crippen molar-refractivity contribution in [3.05, 3.63) is 24.0 Å². The van der Waals surface area contributed by atoms with Crippen LogP contribution in [0.4, 0.5) is 0 Å². The average molecular weight is 392 g/mol. The summed E-state index contributed by atoms with van der Waals surface area (Å²) in [7, 11) is 3.79. The number of nitrogens with zero attached hydrogens (tertiary/aromatic N) is 2. The van der Waals surface area contributed by atoms with Crippen LogP contribution in [0.5, 0.6) is 5.75 Å². The molecule has 2 heterocycles. The largest absolute Gasteiger partial charge is 0.490 e. The molecular weight excluding hydrogens is 360 g/mol. The lowest BCUT2D eigenvalue weighted by Gasteiger charge is -2.19. The molecule has 0 spiro atoms. The van der Waals surface area contributed by atoms with Gasteiger partial charge in [0, 0.05) is 24.9 Å². The molecule has 7 nitrogen and oxygen atoms in total.